The molecule has 16 heteroatoms. The van der Waals surface area contributed by atoms with Gasteiger partial charge >= 0.3 is 0 Å². The third-order valence-corrected chi connectivity index (χ3v) is 17.9. The molecule has 0 aromatic heterocycles. The lowest BCUT2D eigenvalue weighted by molar-refractivity contribution is -0.414. The van der Waals surface area contributed by atoms with Gasteiger partial charge in [-0.15, -0.1) is 0 Å². The van der Waals surface area contributed by atoms with Gasteiger partial charge in [-0.3, -0.25) is 0 Å². The molecular weight excluding hydrogens is 1240 g/mol. The van der Waals surface area contributed by atoms with Crippen molar-refractivity contribution in [3.63, 3.8) is 0 Å². The van der Waals surface area contributed by atoms with Crippen LogP contribution >= 0.6 is 0 Å². The number of benzene rings is 9. The normalized spacial score (nSPS) is 27.0. The Morgan fingerprint density at radius 1 is 0.286 bits per heavy atom. The van der Waals surface area contributed by atoms with E-state index in [1.165, 1.54) is 0 Å². The van der Waals surface area contributed by atoms with Crippen LogP contribution < -0.4 is 0 Å². The predicted molar refractivity (Wildman–Crippen MR) is 365 cm³/mol. The molecule has 16 nitrogen and oxygen atoms in total. The predicted octanol–water partition coefficient (Wildman–Crippen LogP) is 13.6. The van der Waals surface area contributed by atoms with Crippen molar-refractivity contribution in [2.45, 2.75) is 151 Å². The second kappa shape index (κ2) is 35.9. The van der Waals surface area contributed by atoms with E-state index in [1.54, 1.807) is 7.11 Å². The molecule has 98 heavy (non-hydrogen) atoms. The Balaban J connectivity index is 0.927. The minimum absolute atomic E-state index is 0.0394. The monoisotopic (exact) mass is 1330 g/mol. The van der Waals surface area contributed by atoms with Crippen molar-refractivity contribution in [3.05, 3.63) is 323 Å². The van der Waals surface area contributed by atoms with Crippen molar-refractivity contribution in [2.24, 2.45) is 0 Å². The van der Waals surface area contributed by atoms with E-state index in [-0.39, 0.29) is 66.1 Å². The summed E-state index contributed by atoms with van der Waals surface area (Å²) >= 11 is 0. The number of hydrogen-bond acceptors (Lipinski definition) is 16. The van der Waals surface area contributed by atoms with Crippen molar-refractivity contribution >= 4 is 0 Å². The topological polar surface area (TPSA) is 148 Å². The maximum Gasteiger partial charge on any atom is 0.187 e. The first-order valence-corrected chi connectivity index (χ1v) is 33.8. The quantitative estimate of drug-likeness (QED) is 0.0393. The average molecular weight is 1330 g/mol. The fourth-order valence-electron chi connectivity index (χ4n) is 12.8. The largest absolute Gasteiger partial charge is 0.374 e. The molecule has 0 amide bonds. The molecule has 4 fully saturated rings. The maximum absolute atomic E-state index is 7.81. The lowest BCUT2D eigenvalue weighted by atomic mass is 9.95. The molecular formula is C82H86O16. The van der Waals surface area contributed by atoms with E-state index in [2.05, 4.69) is 0 Å². The van der Waals surface area contributed by atoms with E-state index in [9.17, 15) is 0 Å². The molecule has 0 saturated carbocycles. The summed E-state index contributed by atoms with van der Waals surface area (Å²) < 4.78 is 114. The van der Waals surface area contributed by atoms with E-state index in [4.69, 9.17) is 75.8 Å². The van der Waals surface area contributed by atoms with Gasteiger partial charge < -0.3 is 75.8 Å². The first-order chi connectivity index (χ1) is 48.5. The van der Waals surface area contributed by atoms with Gasteiger partial charge in [0.2, 0.25) is 0 Å². The van der Waals surface area contributed by atoms with Crippen LogP contribution in [-0.4, -0.2) is 119 Å². The van der Waals surface area contributed by atoms with E-state index in [0.29, 0.717) is 6.61 Å². The Morgan fingerprint density at radius 3 is 0.949 bits per heavy atom. The van der Waals surface area contributed by atoms with Gasteiger partial charge in [0, 0.05) is 12.7 Å². The molecule has 510 valence electrons. The fourth-order valence-corrected chi connectivity index (χ4v) is 12.8. The van der Waals surface area contributed by atoms with Gasteiger partial charge in [0.1, 0.15) is 73.2 Å². The SMILES string of the molecule is CO[C@H]1O[C@H](COCc2ccccc2)[C@@H](OCc2ccccc2)[C@H](OCc2ccccc2)[C@@H]1O[C@H]1O[C@H](COCc2ccccc2)[C@@H](OCc2ccccc2)[C@H](OCc2ccccc2)[C@@H]1O[C@@H]1O[C@@H]2COC(c3ccccc3)O[C@H]2[C@H](OCc2ccccc2)[C@@H]1OCc1ccccc1. The number of rotatable bonds is 32. The number of fused-ring (bicyclic) bond motifs is 1. The van der Waals surface area contributed by atoms with E-state index in [1.807, 2.05) is 273 Å². The van der Waals surface area contributed by atoms with Gasteiger partial charge in [0.05, 0.1) is 72.7 Å². The zero-order valence-corrected chi connectivity index (χ0v) is 55.0. The smallest absolute Gasteiger partial charge is 0.187 e. The second-order valence-electron chi connectivity index (χ2n) is 24.8. The standard InChI is InChI=1S/C82H86O16/c1-83-80-77(73(88-51-62-37-19-6-20-38-62)70(86-49-60-33-15-4-16-34-60)67(93-80)55-84-47-58-29-11-2-12-30-58)97-82-78(74(89-52-63-39-21-7-22-40-63)71(87-50-61-35-17-5-18-36-61)68(94-82)56-85-48-59-31-13-3-14-32-59)98-81-76(91-54-65-43-25-9-26-44-65)75(90-53-64-41-23-8-24-42-64)72-69(95-81)57-92-79(96-72)66-45-27-10-28-46-66/h2-46,67-82H,47-57H2,1H3/t67-,68-,69-,70-,71-,72-,73+,74+,75+,76+,77+,78+,79?,80+,81+,82-/m1/s1. The Bertz CT molecular complexity index is 3670. The molecule has 0 radical (unpaired) electrons. The van der Waals surface area contributed by atoms with Crippen molar-refractivity contribution in [1.82, 2.24) is 0 Å². The van der Waals surface area contributed by atoms with Crippen molar-refractivity contribution in [3.8, 4) is 0 Å². The molecule has 1 unspecified atom stereocenters. The maximum atomic E-state index is 7.81. The second-order valence-corrected chi connectivity index (χ2v) is 24.8. The van der Waals surface area contributed by atoms with Crippen LogP contribution in [0.5, 0.6) is 0 Å². The summed E-state index contributed by atoms with van der Waals surface area (Å²) in [7, 11) is 1.59. The number of ether oxygens (including phenoxy) is 16. The number of methoxy groups -OCH3 is 1. The van der Waals surface area contributed by atoms with Crippen LogP contribution in [0.3, 0.4) is 0 Å². The summed E-state index contributed by atoms with van der Waals surface area (Å²) in [5.41, 5.74) is 8.40. The summed E-state index contributed by atoms with van der Waals surface area (Å²) in [5, 5.41) is 0. The highest BCUT2D eigenvalue weighted by Gasteiger charge is 2.58. The summed E-state index contributed by atoms with van der Waals surface area (Å²) in [6.07, 6.45) is -15.3. The lowest BCUT2D eigenvalue weighted by Crippen LogP contribution is -2.68. The van der Waals surface area contributed by atoms with E-state index >= 15 is 0 Å². The first kappa shape index (κ1) is 68.8. The van der Waals surface area contributed by atoms with Gasteiger partial charge in [-0.2, -0.15) is 0 Å². The molecule has 9 aromatic carbocycles. The Hall–Kier alpha value is -7.66. The highest BCUT2D eigenvalue weighted by molar-refractivity contribution is 5.21. The molecule has 16 atom stereocenters. The molecule has 0 N–H and O–H groups in total. The van der Waals surface area contributed by atoms with Gasteiger partial charge in [-0.05, 0) is 44.5 Å². The zero-order valence-electron chi connectivity index (χ0n) is 55.0. The van der Waals surface area contributed by atoms with Crippen LogP contribution in [0.4, 0.5) is 0 Å². The molecule has 9 aromatic rings. The van der Waals surface area contributed by atoms with Crippen molar-refractivity contribution in [2.75, 3.05) is 26.9 Å². The zero-order chi connectivity index (χ0) is 66.3. The van der Waals surface area contributed by atoms with E-state index < -0.39 is 98.4 Å². The lowest BCUT2D eigenvalue weighted by Gasteiger charge is -2.52. The van der Waals surface area contributed by atoms with Gasteiger partial charge in [-0.25, -0.2) is 0 Å². The molecule has 4 saturated heterocycles. The molecule has 13 rings (SSSR count). The molecule has 0 bridgehead atoms. The molecule has 0 spiro atoms. The van der Waals surface area contributed by atoms with Crippen molar-refractivity contribution < 1.29 is 75.8 Å². The van der Waals surface area contributed by atoms with Crippen LogP contribution in [-0.2, 0) is 129 Å². The van der Waals surface area contributed by atoms with Crippen LogP contribution in [0, 0.1) is 0 Å². The minimum Gasteiger partial charge on any atom is -0.374 e. The molecule has 4 aliphatic heterocycles. The van der Waals surface area contributed by atoms with Crippen molar-refractivity contribution in [1.29, 1.82) is 0 Å². The molecule has 0 aliphatic carbocycles. The summed E-state index contributed by atoms with van der Waals surface area (Å²) in [4.78, 5) is 0. The Labute approximate surface area is 574 Å². The first-order valence-electron chi connectivity index (χ1n) is 33.8. The Morgan fingerprint density at radius 2 is 0.582 bits per heavy atom. The minimum atomic E-state index is -1.37. The summed E-state index contributed by atoms with van der Waals surface area (Å²) in [6.45, 7) is 1.94. The number of hydrogen-bond donors (Lipinski definition) is 0. The third kappa shape index (κ3) is 18.8. The van der Waals surface area contributed by atoms with Gasteiger partial charge in [-0.1, -0.05) is 273 Å². The van der Waals surface area contributed by atoms with Gasteiger partial charge in [0.15, 0.2) is 25.2 Å². The fraction of sp³-hybridized carbons (Fsp3) is 0.341. The van der Waals surface area contributed by atoms with Crippen LogP contribution in [0.25, 0.3) is 0 Å². The highest BCUT2D eigenvalue weighted by atomic mass is 16.8. The molecule has 4 heterocycles. The highest BCUT2D eigenvalue weighted by Crippen LogP contribution is 2.42. The van der Waals surface area contributed by atoms with Crippen LogP contribution in [0.2, 0.25) is 0 Å². The van der Waals surface area contributed by atoms with Gasteiger partial charge in [0.25, 0.3) is 0 Å². The van der Waals surface area contributed by atoms with Crippen LogP contribution in [0.15, 0.2) is 273 Å². The van der Waals surface area contributed by atoms with Crippen LogP contribution in [0.1, 0.15) is 56.4 Å². The third-order valence-electron chi connectivity index (χ3n) is 17.9. The van der Waals surface area contributed by atoms with E-state index in [0.717, 1.165) is 50.1 Å². The molecule has 4 aliphatic rings. The Kier molecular flexibility index (Phi) is 25.2. The average Bonchev–Trinajstić information content (AvgIpc) is 0.761. The summed E-state index contributed by atoms with van der Waals surface area (Å²) in [6, 6.07) is 89.9. The summed E-state index contributed by atoms with van der Waals surface area (Å²) in [5.74, 6) is 0.